The summed E-state index contributed by atoms with van der Waals surface area (Å²) in [6, 6.07) is 17.5. The van der Waals surface area contributed by atoms with Gasteiger partial charge in [-0.1, -0.05) is 49.2 Å². The molecule has 2 aromatic rings. The summed E-state index contributed by atoms with van der Waals surface area (Å²) in [5.74, 6) is 0.893. The van der Waals surface area contributed by atoms with E-state index in [-0.39, 0.29) is 17.9 Å². The van der Waals surface area contributed by atoms with E-state index in [0.717, 1.165) is 42.7 Å². The number of aliphatic hydroxyl groups is 1. The van der Waals surface area contributed by atoms with E-state index < -0.39 is 5.60 Å². The zero-order valence-corrected chi connectivity index (χ0v) is 17.0. The molecular formula is C24H30N2O3. The van der Waals surface area contributed by atoms with Crippen LogP contribution in [0.15, 0.2) is 54.6 Å². The van der Waals surface area contributed by atoms with Crippen molar-refractivity contribution in [3.8, 4) is 5.75 Å². The van der Waals surface area contributed by atoms with E-state index >= 15 is 0 Å². The molecule has 4 rings (SSSR count). The van der Waals surface area contributed by atoms with Crippen molar-refractivity contribution >= 4 is 11.6 Å². The molecule has 3 atom stereocenters. The molecule has 1 saturated heterocycles. The van der Waals surface area contributed by atoms with Crippen LogP contribution in [0.4, 0.5) is 5.69 Å². The number of nitrogens with zero attached hydrogens (tertiary/aromatic N) is 1. The molecule has 0 bridgehead atoms. The van der Waals surface area contributed by atoms with Gasteiger partial charge < -0.3 is 15.2 Å². The van der Waals surface area contributed by atoms with Crippen LogP contribution in [0.5, 0.6) is 5.75 Å². The van der Waals surface area contributed by atoms with Crippen LogP contribution < -0.4 is 10.1 Å². The molecule has 0 radical (unpaired) electrons. The lowest BCUT2D eigenvalue weighted by molar-refractivity contribution is -0.135. The van der Waals surface area contributed by atoms with Crippen molar-refractivity contribution < 1.29 is 14.6 Å². The third-order valence-corrected chi connectivity index (χ3v) is 6.53. The number of carbonyl (C=O) groups is 1. The lowest BCUT2D eigenvalue weighted by Gasteiger charge is -2.52. The van der Waals surface area contributed by atoms with Crippen LogP contribution in [0.2, 0.25) is 0 Å². The Kier molecular flexibility index (Phi) is 5.88. The fraction of sp³-hybridized carbons (Fsp3) is 0.458. The van der Waals surface area contributed by atoms with Crippen LogP contribution in [0.3, 0.4) is 0 Å². The lowest BCUT2D eigenvalue weighted by atomic mass is 9.66. The second kappa shape index (κ2) is 8.56. The maximum absolute atomic E-state index is 12.8. The van der Waals surface area contributed by atoms with Crippen LogP contribution in [-0.4, -0.2) is 41.7 Å². The van der Waals surface area contributed by atoms with Gasteiger partial charge in [-0.3, -0.25) is 9.69 Å². The predicted octanol–water partition coefficient (Wildman–Crippen LogP) is 4.00. The fourth-order valence-electron chi connectivity index (χ4n) is 5.15. The first-order valence-corrected chi connectivity index (χ1v) is 10.5. The maximum Gasteiger partial charge on any atom is 0.238 e. The van der Waals surface area contributed by atoms with Crippen molar-refractivity contribution in [3.63, 3.8) is 0 Å². The van der Waals surface area contributed by atoms with Gasteiger partial charge in [0.15, 0.2) is 0 Å². The number of benzene rings is 2. The molecule has 5 heteroatoms. The van der Waals surface area contributed by atoms with E-state index in [1.54, 1.807) is 7.11 Å². The molecule has 0 unspecified atom stereocenters. The number of carbonyl (C=O) groups excluding carboxylic acids is 1. The Morgan fingerprint density at radius 1 is 1.14 bits per heavy atom. The highest BCUT2D eigenvalue weighted by Crippen LogP contribution is 2.50. The number of hydrogen-bond acceptors (Lipinski definition) is 4. The SMILES string of the molecule is COc1ccccc1[C@H]1[C@H]2CCCC[C@@]2(O)CCN1CC(=O)Nc1ccccc1. The normalized spacial score (nSPS) is 27.1. The molecule has 29 heavy (non-hydrogen) atoms. The van der Waals surface area contributed by atoms with Crippen molar-refractivity contribution in [1.29, 1.82) is 0 Å². The van der Waals surface area contributed by atoms with Gasteiger partial charge >= 0.3 is 0 Å². The Hall–Kier alpha value is -2.37. The van der Waals surface area contributed by atoms with Crippen molar-refractivity contribution in [2.24, 2.45) is 5.92 Å². The van der Waals surface area contributed by atoms with E-state index in [1.807, 2.05) is 48.5 Å². The van der Waals surface area contributed by atoms with Gasteiger partial charge in [0.1, 0.15) is 5.75 Å². The van der Waals surface area contributed by atoms with Crippen LogP contribution >= 0.6 is 0 Å². The molecule has 1 aliphatic carbocycles. The quantitative estimate of drug-likeness (QED) is 0.805. The first-order valence-electron chi connectivity index (χ1n) is 10.5. The molecule has 2 fully saturated rings. The predicted molar refractivity (Wildman–Crippen MR) is 114 cm³/mol. The minimum absolute atomic E-state index is 0.0302. The van der Waals surface area contributed by atoms with E-state index in [9.17, 15) is 9.90 Å². The summed E-state index contributed by atoms with van der Waals surface area (Å²) >= 11 is 0. The molecule has 154 valence electrons. The monoisotopic (exact) mass is 394 g/mol. The maximum atomic E-state index is 12.8. The summed E-state index contributed by atoms with van der Waals surface area (Å²) in [7, 11) is 1.68. The summed E-state index contributed by atoms with van der Waals surface area (Å²) in [6.07, 6.45) is 4.70. The molecule has 0 spiro atoms. The third kappa shape index (κ3) is 4.16. The number of ether oxygens (including phenoxy) is 1. The van der Waals surface area contributed by atoms with Gasteiger partial charge in [0, 0.05) is 29.8 Å². The first kappa shape index (κ1) is 19.9. The number of likely N-dealkylation sites (tertiary alicyclic amines) is 1. The van der Waals surface area contributed by atoms with Gasteiger partial charge in [0.05, 0.1) is 19.3 Å². The van der Waals surface area contributed by atoms with Gasteiger partial charge in [-0.25, -0.2) is 0 Å². The number of nitrogens with one attached hydrogen (secondary N) is 1. The van der Waals surface area contributed by atoms with Crippen LogP contribution in [0.25, 0.3) is 0 Å². The van der Waals surface area contributed by atoms with E-state index in [2.05, 4.69) is 16.3 Å². The topological polar surface area (TPSA) is 61.8 Å². The molecule has 1 aliphatic heterocycles. The molecule has 2 N–H and O–H groups in total. The number of amides is 1. The summed E-state index contributed by atoms with van der Waals surface area (Å²) in [5.41, 5.74) is 1.21. The molecule has 2 aromatic carbocycles. The van der Waals surface area contributed by atoms with E-state index in [4.69, 9.17) is 4.74 Å². The number of anilines is 1. The van der Waals surface area contributed by atoms with Crippen LogP contribution in [0.1, 0.15) is 43.7 Å². The lowest BCUT2D eigenvalue weighted by Crippen LogP contribution is -2.56. The minimum atomic E-state index is -0.657. The second-order valence-corrected chi connectivity index (χ2v) is 8.28. The minimum Gasteiger partial charge on any atom is -0.496 e. The molecule has 1 amide bonds. The number of hydrogen-bond donors (Lipinski definition) is 2. The van der Waals surface area contributed by atoms with Gasteiger partial charge in [0.25, 0.3) is 0 Å². The standard InChI is InChI=1S/C24H30N2O3/c1-29-21-13-6-5-11-19(21)23-20-12-7-8-14-24(20,28)15-16-26(23)17-22(27)25-18-9-3-2-4-10-18/h2-6,9-11,13,20,23,28H,7-8,12,14-17H2,1H3,(H,25,27)/t20-,23+,24-/m1/s1. The Morgan fingerprint density at radius 2 is 1.90 bits per heavy atom. The number of piperidine rings is 1. The number of fused-ring (bicyclic) bond motifs is 1. The molecule has 2 aliphatic rings. The molecular weight excluding hydrogens is 364 g/mol. The average molecular weight is 395 g/mol. The van der Waals surface area contributed by atoms with Crippen molar-refractivity contribution in [3.05, 3.63) is 60.2 Å². The van der Waals surface area contributed by atoms with Crippen LogP contribution in [0, 0.1) is 5.92 Å². The highest BCUT2D eigenvalue weighted by molar-refractivity contribution is 5.92. The summed E-state index contributed by atoms with van der Waals surface area (Å²) in [5, 5.41) is 14.4. The first-order chi connectivity index (χ1) is 14.1. The second-order valence-electron chi connectivity index (χ2n) is 8.28. The van der Waals surface area contributed by atoms with Crippen molar-refractivity contribution in [2.75, 3.05) is 25.5 Å². The highest BCUT2D eigenvalue weighted by Gasteiger charge is 2.49. The van der Waals surface area contributed by atoms with Gasteiger partial charge in [-0.15, -0.1) is 0 Å². The summed E-state index contributed by atoms with van der Waals surface area (Å²) in [6.45, 7) is 0.988. The molecule has 1 heterocycles. The van der Waals surface area contributed by atoms with E-state index in [1.165, 1.54) is 0 Å². The average Bonchev–Trinajstić information content (AvgIpc) is 2.74. The molecule has 0 aromatic heterocycles. The smallest absolute Gasteiger partial charge is 0.238 e. The van der Waals surface area contributed by atoms with Gasteiger partial charge in [-0.05, 0) is 37.5 Å². The Balaban J connectivity index is 1.61. The van der Waals surface area contributed by atoms with Crippen molar-refractivity contribution in [1.82, 2.24) is 4.90 Å². The molecule has 1 saturated carbocycles. The summed E-state index contributed by atoms with van der Waals surface area (Å²) < 4.78 is 5.65. The molecule has 5 nitrogen and oxygen atoms in total. The van der Waals surface area contributed by atoms with E-state index in [0.29, 0.717) is 19.5 Å². The fourth-order valence-corrected chi connectivity index (χ4v) is 5.15. The Morgan fingerprint density at radius 3 is 2.69 bits per heavy atom. The Bertz CT molecular complexity index is 841. The van der Waals surface area contributed by atoms with Gasteiger partial charge in [-0.2, -0.15) is 0 Å². The number of rotatable bonds is 5. The summed E-state index contributed by atoms with van der Waals surface area (Å²) in [4.78, 5) is 15.0. The third-order valence-electron chi connectivity index (χ3n) is 6.53. The zero-order chi connectivity index (χ0) is 20.3. The van der Waals surface area contributed by atoms with Crippen LogP contribution in [-0.2, 0) is 4.79 Å². The zero-order valence-electron chi connectivity index (χ0n) is 17.0. The Labute approximate surface area is 172 Å². The van der Waals surface area contributed by atoms with Gasteiger partial charge in [0.2, 0.25) is 5.91 Å². The van der Waals surface area contributed by atoms with Crippen molar-refractivity contribution in [2.45, 2.75) is 43.7 Å². The highest BCUT2D eigenvalue weighted by atomic mass is 16.5. The number of para-hydroxylation sites is 2. The largest absolute Gasteiger partial charge is 0.496 e. The number of methoxy groups -OCH3 is 1.